The van der Waals surface area contributed by atoms with Crippen LogP contribution in [0.1, 0.15) is 0 Å². The first-order chi connectivity index (χ1) is 53.4. The van der Waals surface area contributed by atoms with Gasteiger partial charge >= 0.3 is 0 Å². The van der Waals surface area contributed by atoms with Crippen LogP contribution in [0, 0.1) is 0 Å². The van der Waals surface area contributed by atoms with Crippen LogP contribution in [0.3, 0.4) is 0 Å². The van der Waals surface area contributed by atoms with E-state index in [1.807, 2.05) is 69.6 Å². The minimum Gasteiger partial charge on any atom is -0.228 e. The third-order valence-corrected chi connectivity index (χ3v) is 25.5. The predicted octanol–water partition coefficient (Wildman–Crippen LogP) is 29.4. The zero-order valence-electron chi connectivity index (χ0n) is 58.1. The van der Waals surface area contributed by atoms with Gasteiger partial charge in [0.15, 0.2) is 11.6 Å². The van der Waals surface area contributed by atoms with Crippen LogP contribution in [0.5, 0.6) is 0 Å². The Morgan fingerprint density at radius 3 is 0.917 bits per heavy atom. The van der Waals surface area contributed by atoms with Gasteiger partial charge in [0.05, 0.1) is 22.8 Å². The maximum atomic E-state index is 5.33. The molecule has 22 rings (SSSR count). The van der Waals surface area contributed by atoms with Crippen molar-refractivity contribution in [1.82, 2.24) is 19.9 Å². The van der Waals surface area contributed by atoms with Crippen molar-refractivity contribution in [2.45, 2.75) is 0 Å². The second-order valence-electron chi connectivity index (χ2n) is 27.6. The van der Waals surface area contributed by atoms with Gasteiger partial charge in [-0.1, -0.05) is 243 Å². The summed E-state index contributed by atoms with van der Waals surface area (Å²) < 4.78 is 10.4. The van der Waals surface area contributed by atoms with Crippen molar-refractivity contribution in [2.24, 2.45) is 0 Å². The molecule has 0 saturated heterocycles. The van der Waals surface area contributed by atoms with Crippen LogP contribution in [-0.2, 0) is 0 Å². The van der Waals surface area contributed by atoms with Gasteiger partial charge in [0, 0.05) is 114 Å². The molecule has 0 amide bonds. The Morgan fingerprint density at radius 1 is 0.157 bits per heavy atom. The summed E-state index contributed by atoms with van der Waals surface area (Å²) in [5, 5.41) is 15.1. The summed E-state index contributed by atoms with van der Waals surface area (Å²) in [5.41, 5.74) is 19.2. The second-order valence-corrected chi connectivity index (χ2v) is 31.9. The van der Waals surface area contributed by atoms with Crippen LogP contribution in [0.2, 0.25) is 0 Å². The molecule has 0 unspecified atom stereocenters. The summed E-state index contributed by atoms with van der Waals surface area (Å²) in [4.78, 5) is 21.0. The number of thiophene rings is 4. The van der Waals surface area contributed by atoms with Crippen LogP contribution in [0.4, 0.5) is 0 Å². The molecule has 8 heteroatoms. The largest absolute Gasteiger partial charge is 0.228 e. The summed E-state index contributed by atoms with van der Waals surface area (Å²) >= 11 is 7.42. The second kappa shape index (κ2) is 26.6. The lowest BCUT2D eigenvalue weighted by Crippen LogP contribution is -1.97. The average Bonchev–Trinajstić information content (AvgIpc) is 1.49. The van der Waals surface area contributed by atoms with Gasteiger partial charge in [-0.05, 0) is 187 Å². The van der Waals surface area contributed by atoms with Crippen molar-refractivity contribution >= 4 is 148 Å². The Balaban J connectivity index is 0.000000138. The van der Waals surface area contributed by atoms with E-state index in [1.165, 1.54) is 136 Å². The number of hydrogen-bond donors (Lipinski definition) is 0. The van der Waals surface area contributed by atoms with Gasteiger partial charge in [-0.15, -0.1) is 45.3 Å². The van der Waals surface area contributed by atoms with Crippen molar-refractivity contribution in [3.63, 3.8) is 0 Å². The highest BCUT2D eigenvalue weighted by Crippen LogP contribution is 2.47. The number of fused-ring (bicyclic) bond motifs is 14. The van der Waals surface area contributed by atoms with Gasteiger partial charge in [-0.2, -0.15) is 0 Å². The lowest BCUT2D eigenvalue weighted by atomic mass is 9.91. The molecule has 0 spiro atoms. The van der Waals surface area contributed by atoms with Crippen LogP contribution in [-0.4, -0.2) is 19.9 Å². The maximum absolute atomic E-state index is 5.33. The van der Waals surface area contributed by atoms with Gasteiger partial charge in [-0.25, -0.2) is 19.9 Å². The molecule has 16 aromatic carbocycles. The van der Waals surface area contributed by atoms with E-state index in [0.29, 0.717) is 11.6 Å². The molecular formula is C100H60N4S4. The van der Waals surface area contributed by atoms with E-state index in [0.717, 1.165) is 67.3 Å². The molecule has 22 aromatic rings. The van der Waals surface area contributed by atoms with Crippen molar-refractivity contribution < 1.29 is 0 Å². The highest BCUT2D eigenvalue weighted by atomic mass is 32.1. The molecular weight excluding hydrogens is 1390 g/mol. The van der Waals surface area contributed by atoms with Crippen LogP contribution < -0.4 is 0 Å². The van der Waals surface area contributed by atoms with Crippen molar-refractivity contribution in [3.05, 3.63) is 364 Å². The molecule has 0 fully saturated rings. The van der Waals surface area contributed by atoms with E-state index >= 15 is 0 Å². The van der Waals surface area contributed by atoms with Crippen molar-refractivity contribution in [2.75, 3.05) is 0 Å². The topological polar surface area (TPSA) is 51.6 Å². The Labute approximate surface area is 638 Å². The predicted molar refractivity (Wildman–Crippen MR) is 465 cm³/mol. The lowest BCUT2D eigenvalue weighted by Gasteiger charge is -2.15. The van der Waals surface area contributed by atoms with E-state index in [-0.39, 0.29) is 0 Å². The van der Waals surface area contributed by atoms with E-state index in [1.54, 1.807) is 0 Å². The van der Waals surface area contributed by atoms with E-state index in [2.05, 4.69) is 340 Å². The van der Waals surface area contributed by atoms with E-state index in [9.17, 15) is 0 Å². The summed E-state index contributed by atoms with van der Waals surface area (Å²) in [6.45, 7) is 0. The first-order valence-corrected chi connectivity index (χ1v) is 39.5. The van der Waals surface area contributed by atoms with Gasteiger partial charge in [-0.3, -0.25) is 0 Å². The first-order valence-electron chi connectivity index (χ1n) is 36.3. The fourth-order valence-electron chi connectivity index (χ4n) is 15.7. The fourth-order valence-corrected chi connectivity index (χ4v) is 20.1. The zero-order chi connectivity index (χ0) is 71.2. The normalized spacial score (nSPS) is 11.7. The molecule has 6 heterocycles. The molecule has 0 N–H and O–H groups in total. The number of rotatable bonds is 10. The first kappa shape index (κ1) is 63.5. The Kier molecular flexibility index (Phi) is 15.6. The van der Waals surface area contributed by atoms with Crippen LogP contribution >= 0.6 is 45.3 Å². The third kappa shape index (κ3) is 11.6. The van der Waals surface area contributed by atoms with Gasteiger partial charge < -0.3 is 0 Å². The van der Waals surface area contributed by atoms with E-state index < -0.39 is 0 Å². The molecule has 0 aliphatic carbocycles. The lowest BCUT2D eigenvalue weighted by molar-refractivity contribution is 1.18. The molecule has 0 atom stereocenters. The molecule has 0 radical (unpaired) electrons. The number of hydrogen-bond acceptors (Lipinski definition) is 8. The monoisotopic (exact) mass is 1440 g/mol. The summed E-state index contributed by atoms with van der Waals surface area (Å²) in [6, 6.07) is 131. The van der Waals surface area contributed by atoms with Gasteiger partial charge in [0.25, 0.3) is 0 Å². The molecule has 0 aliphatic rings. The zero-order valence-corrected chi connectivity index (χ0v) is 61.3. The Morgan fingerprint density at radius 2 is 0.472 bits per heavy atom. The van der Waals surface area contributed by atoms with Gasteiger partial charge in [0.2, 0.25) is 0 Å². The fraction of sp³-hybridized carbons (Fsp3) is 0. The summed E-state index contributed by atoms with van der Waals surface area (Å²) in [7, 11) is 0. The van der Waals surface area contributed by atoms with Gasteiger partial charge in [0.1, 0.15) is 0 Å². The molecule has 0 saturated carbocycles. The molecule has 108 heavy (non-hydrogen) atoms. The molecule has 504 valence electrons. The van der Waals surface area contributed by atoms with E-state index in [4.69, 9.17) is 19.9 Å². The highest BCUT2D eigenvalue weighted by molar-refractivity contribution is 7.27. The van der Waals surface area contributed by atoms with Crippen molar-refractivity contribution in [3.8, 4) is 112 Å². The quantitative estimate of drug-likeness (QED) is 0.137. The number of benzene rings is 16. The molecule has 4 nitrogen and oxygen atoms in total. The number of nitrogens with zero attached hydrogens (tertiary/aromatic N) is 4. The summed E-state index contributed by atoms with van der Waals surface area (Å²) in [5.74, 6) is 1.42. The smallest absolute Gasteiger partial charge is 0.160 e. The average molecular weight is 1450 g/mol. The molecule has 6 aromatic heterocycles. The Bertz CT molecular complexity index is 7070. The Hall–Kier alpha value is -12.9. The maximum Gasteiger partial charge on any atom is 0.160 e. The number of aromatic nitrogens is 4. The minimum absolute atomic E-state index is 0.708. The highest BCUT2D eigenvalue weighted by Gasteiger charge is 2.21. The molecule has 0 bridgehead atoms. The van der Waals surface area contributed by atoms with Crippen molar-refractivity contribution in [1.29, 1.82) is 0 Å². The standard InChI is InChI=1S/2C50H30N2S2/c1-2-13-32(14-3-1)50-51-42(34-25-24-31-12-4-5-15-33(31)26-34)30-43(52-50)37-28-35(38-18-10-22-46-48(38)40-16-6-8-20-44(40)53-46)27-36(29-37)39-19-11-23-47-49(39)41-17-7-9-21-45(41)54-47;1-2-11-32(12-3-1)50-51-44(36-19-18-31-10-4-5-13-33(31)24-36)30-45(52-50)39-26-37(34-20-22-48-42(28-34)40-14-6-8-16-46(40)53-48)25-38(27-39)35-21-23-49-43(29-35)41-15-7-9-17-47(41)54-49/h2*1-30H. The SMILES string of the molecule is c1ccc(-c2nc(-c3cc(-c4ccc5sc6ccccc6c5c4)cc(-c4ccc5sc6ccccc6c5c4)c3)cc(-c3ccc4ccccc4c3)n2)cc1.c1ccc(-c2nc(-c3cc(-c4cccc5sc6ccccc6c45)cc(-c4cccc5sc6ccccc6c45)c3)cc(-c3ccc4ccccc4c3)n2)cc1. The minimum atomic E-state index is 0.708. The molecule has 0 aliphatic heterocycles. The third-order valence-electron chi connectivity index (χ3n) is 20.9. The summed E-state index contributed by atoms with van der Waals surface area (Å²) in [6.07, 6.45) is 0. The van der Waals surface area contributed by atoms with Crippen LogP contribution in [0.15, 0.2) is 364 Å². The van der Waals surface area contributed by atoms with Crippen LogP contribution in [0.25, 0.3) is 215 Å².